The molecule has 1 aliphatic heterocycles. The Bertz CT molecular complexity index is 2570. The lowest BCUT2D eigenvalue weighted by Gasteiger charge is -2.33. The third-order valence-electron chi connectivity index (χ3n) is 16.7. The molecule has 0 spiro atoms. The van der Waals surface area contributed by atoms with Crippen molar-refractivity contribution >= 4 is 43.5 Å². The Hall–Kier alpha value is -3.74. The molecule has 8 rings (SSSR count). The summed E-state index contributed by atoms with van der Waals surface area (Å²) in [5, 5.41) is 12.0. The summed E-state index contributed by atoms with van der Waals surface area (Å²) in [6.07, 6.45) is 34.7. The van der Waals surface area contributed by atoms with Crippen LogP contribution in [0.5, 0.6) is 5.88 Å². The SMILES string of the molecule is CCCCCCCCC1(CCCCCCCC)c2cc(Br)ccc2-c2ccc(C3=NC(=O)c4c(-c5ccc6c(c5)C(CCCCCCCC)(CCCCCCCC)c5cc(Br)ccc5-6)[nH]c(O)c43)cc21. The predicted octanol–water partition coefficient (Wildman–Crippen LogP) is 20.4. The van der Waals surface area contributed by atoms with Crippen LogP contribution in [0.1, 0.15) is 251 Å². The van der Waals surface area contributed by atoms with Crippen molar-refractivity contribution in [3.63, 3.8) is 0 Å². The molecule has 0 bridgehead atoms. The summed E-state index contributed by atoms with van der Waals surface area (Å²) in [7, 11) is 0. The minimum absolute atomic E-state index is 0.0193. The largest absolute Gasteiger partial charge is 0.494 e. The number of hydrogen-bond acceptors (Lipinski definition) is 2. The van der Waals surface area contributed by atoms with Gasteiger partial charge >= 0.3 is 0 Å². The topological polar surface area (TPSA) is 65.5 Å². The fraction of sp³-hybridized carbons (Fsp3) is 0.531. The maximum atomic E-state index is 14.5. The number of aromatic nitrogens is 1. The van der Waals surface area contributed by atoms with Gasteiger partial charge in [-0.15, -0.1) is 0 Å². The zero-order chi connectivity index (χ0) is 49.1. The van der Waals surface area contributed by atoms with Gasteiger partial charge in [0.05, 0.1) is 22.5 Å². The van der Waals surface area contributed by atoms with Crippen LogP contribution < -0.4 is 0 Å². The highest BCUT2D eigenvalue weighted by Gasteiger charge is 2.45. The number of nitrogens with zero attached hydrogens (tertiary/aromatic N) is 1. The number of H-pyrrole nitrogens is 1. The summed E-state index contributed by atoms with van der Waals surface area (Å²) < 4.78 is 2.25. The van der Waals surface area contributed by atoms with E-state index in [9.17, 15) is 9.90 Å². The van der Waals surface area contributed by atoms with Crippen molar-refractivity contribution in [1.29, 1.82) is 0 Å². The van der Waals surface area contributed by atoms with Crippen molar-refractivity contribution in [2.24, 2.45) is 4.99 Å². The quantitative estimate of drug-likeness (QED) is 0.0450. The van der Waals surface area contributed by atoms with Gasteiger partial charge in [-0.25, -0.2) is 4.99 Å². The van der Waals surface area contributed by atoms with Gasteiger partial charge in [-0.1, -0.05) is 250 Å². The number of carbonyl (C=O) groups is 1. The first-order valence-corrected chi connectivity index (χ1v) is 29.8. The summed E-state index contributed by atoms with van der Waals surface area (Å²) in [4.78, 5) is 22.7. The third-order valence-corrected chi connectivity index (χ3v) is 17.7. The van der Waals surface area contributed by atoms with Crippen LogP contribution in [0, 0.1) is 0 Å². The Morgan fingerprint density at radius 3 is 1.20 bits per heavy atom. The lowest BCUT2D eigenvalue weighted by atomic mass is 9.70. The van der Waals surface area contributed by atoms with E-state index in [0.717, 1.165) is 45.8 Å². The molecule has 70 heavy (non-hydrogen) atoms. The molecule has 2 aliphatic carbocycles. The lowest BCUT2D eigenvalue weighted by molar-refractivity contribution is 0.101. The predicted molar refractivity (Wildman–Crippen MR) is 304 cm³/mol. The average Bonchev–Trinajstić information content (AvgIpc) is 4.06. The maximum Gasteiger partial charge on any atom is 0.280 e. The van der Waals surface area contributed by atoms with Gasteiger partial charge in [0, 0.05) is 25.3 Å². The molecule has 1 amide bonds. The lowest BCUT2D eigenvalue weighted by Crippen LogP contribution is -2.26. The molecule has 4 nitrogen and oxygen atoms in total. The molecule has 1 aromatic heterocycles. The minimum atomic E-state index is -0.284. The van der Waals surface area contributed by atoms with Crippen LogP contribution in [-0.2, 0) is 10.8 Å². The number of amides is 1. The van der Waals surface area contributed by atoms with E-state index in [1.54, 1.807) is 0 Å². The molecule has 3 aliphatic rings. The molecule has 2 N–H and O–H groups in total. The summed E-state index contributed by atoms with van der Waals surface area (Å²) in [6, 6.07) is 27.4. The molecule has 0 atom stereocenters. The number of hydrogen-bond donors (Lipinski definition) is 2. The van der Waals surface area contributed by atoms with Crippen molar-refractivity contribution in [3.05, 3.63) is 121 Å². The van der Waals surface area contributed by atoms with Crippen molar-refractivity contribution in [3.8, 4) is 39.4 Å². The summed E-state index contributed by atoms with van der Waals surface area (Å²) >= 11 is 7.78. The van der Waals surface area contributed by atoms with Gasteiger partial charge < -0.3 is 10.1 Å². The number of aliphatic imine (C=N–C) groups is 1. The highest BCUT2D eigenvalue weighted by molar-refractivity contribution is 9.10. The third kappa shape index (κ3) is 11.1. The molecule has 0 fully saturated rings. The molecular weight excluding hydrogens is 989 g/mol. The van der Waals surface area contributed by atoms with Gasteiger partial charge in [-0.3, -0.25) is 4.79 Å². The highest BCUT2D eigenvalue weighted by Crippen LogP contribution is 2.57. The minimum Gasteiger partial charge on any atom is -0.494 e. The number of carbonyl (C=O) groups excluding carboxylic acids is 1. The smallest absolute Gasteiger partial charge is 0.280 e. The van der Waals surface area contributed by atoms with Crippen LogP contribution in [0.2, 0.25) is 0 Å². The fourth-order valence-electron chi connectivity index (χ4n) is 13.0. The summed E-state index contributed by atoms with van der Waals surface area (Å²) in [5.74, 6) is -0.265. The van der Waals surface area contributed by atoms with Crippen LogP contribution in [0.3, 0.4) is 0 Å². The number of nitrogens with one attached hydrogen (secondary N) is 1. The Morgan fingerprint density at radius 2 is 0.786 bits per heavy atom. The number of rotatable bonds is 30. The first kappa shape index (κ1) is 52.6. The molecule has 374 valence electrons. The zero-order valence-electron chi connectivity index (χ0n) is 43.3. The Balaban J connectivity index is 1.16. The van der Waals surface area contributed by atoms with Crippen molar-refractivity contribution in [1.82, 2.24) is 4.98 Å². The molecule has 0 radical (unpaired) electrons. The number of unbranched alkanes of at least 4 members (excludes halogenated alkanes) is 20. The Morgan fingerprint density at radius 1 is 0.443 bits per heavy atom. The number of fused-ring (bicyclic) bond motifs is 7. The van der Waals surface area contributed by atoms with Crippen LogP contribution in [0.4, 0.5) is 0 Å². The van der Waals surface area contributed by atoms with Crippen molar-refractivity contribution in [2.75, 3.05) is 0 Å². The molecular formula is C64H82Br2N2O2. The second-order valence-corrected chi connectivity index (χ2v) is 23.3. The number of aromatic amines is 1. The molecule has 2 heterocycles. The van der Waals surface area contributed by atoms with Gasteiger partial charge in [0.25, 0.3) is 5.91 Å². The molecule has 5 aromatic rings. The number of aromatic hydroxyl groups is 1. The van der Waals surface area contributed by atoms with Gasteiger partial charge in [-0.2, -0.15) is 0 Å². The monoisotopic (exact) mass is 1070 g/mol. The van der Waals surface area contributed by atoms with Gasteiger partial charge in [0.1, 0.15) is 0 Å². The van der Waals surface area contributed by atoms with Crippen LogP contribution in [-0.4, -0.2) is 21.7 Å². The Kier molecular flexibility index (Phi) is 18.6. The first-order valence-electron chi connectivity index (χ1n) is 28.2. The second-order valence-electron chi connectivity index (χ2n) is 21.5. The standard InChI is InChI=1S/C64H82Br2N2O2/c1-5-9-13-17-21-25-37-63(38-26-22-18-14-10-6-2)53-41-45(29-33-49(53)51-35-31-47(65)43-55(51)63)59-57-58(62(70)67-59)60(68-61(57)69)46-30-34-50-52-36-32-48(66)44-56(52)64(54(50)42-46,39-27-23-19-15-11-7-3)40-28-24-20-16-12-8-4/h29-36,41-44,67,70H,5-28,37-40H2,1-4H3. The molecule has 6 heteroatoms. The molecule has 0 saturated heterocycles. The zero-order valence-corrected chi connectivity index (χ0v) is 46.5. The van der Waals surface area contributed by atoms with Gasteiger partial charge in [-0.05, 0) is 112 Å². The average molecular weight is 1070 g/mol. The van der Waals surface area contributed by atoms with E-state index in [2.05, 4.69) is 137 Å². The highest BCUT2D eigenvalue weighted by atomic mass is 79.9. The normalized spacial score (nSPS) is 14.7. The van der Waals surface area contributed by atoms with Crippen LogP contribution in [0.25, 0.3) is 33.5 Å². The van der Waals surface area contributed by atoms with E-state index in [1.807, 2.05) is 0 Å². The molecule has 4 aromatic carbocycles. The Labute approximate surface area is 439 Å². The van der Waals surface area contributed by atoms with E-state index in [0.29, 0.717) is 22.5 Å². The van der Waals surface area contributed by atoms with Crippen molar-refractivity contribution in [2.45, 2.75) is 218 Å². The number of benzene rings is 4. The fourth-order valence-corrected chi connectivity index (χ4v) is 13.7. The summed E-state index contributed by atoms with van der Waals surface area (Å²) in [6.45, 7) is 9.17. The van der Waals surface area contributed by atoms with E-state index in [-0.39, 0.29) is 22.6 Å². The maximum absolute atomic E-state index is 14.5. The van der Waals surface area contributed by atoms with E-state index < -0.39 is 0 Å². The van der Waals surface area contributed by atoms with Crippen LogP contribution in [0.15, 0.2) is 86.7 Å². The summed E-state index contributed by atoms with van der Waals surface area (Å²) in [5.41, 5.74) is 14.7. The molecule has 0 unspecified atom stereocenters. The number of halogens is 2. The van der Waals surface area contributed by atoms with Gasteiger partial charge in [0.15, 0.2) is 5.88 Å². The van der Waals surface area contributed by atoms with E-state index in [4.69, 9.17) is 4.99 Å². The van der Waals surface area contributed by atoms with Gasteiger partial charge in [0.2, 0.25) is 0 Å². The first-order chi connectivity index (χ1) is 34.2. The second kappa shape index (κ2) is 24.8. The van der Waals surface area contributed by atoms with Crippen LogP contribution >= 0.6 is 31.9 Å². The van der Waals surface area contributed by atoms with Crippen molar-refractivity contribution < 1.29 is 9.90 Å². The van der Waals surface area contributed by atoms with E-state index >= 15 is 0 Å². The molecule has 0 saturated carbocycles. The van der Waals surface area contributed by atoms with E-state index in [1.165, 1.54) is 199 Å².